The molecule has 0 aromatic carbocycles. The second kappa shape index (κ2) is 5.58. The third-order valence-electron chi connectivity index (χ3n) is 2.70. The van der Waals surface area contributed by atoms with Crippen LogP contribution in [-0.4, -0.2) is 25.1 Å². The largest absolute Gasteiger partial charge is 0.469 e. The molecule has 0 aliphatic rings. The minimum Gasteiger partial charge on any atom is -0.469 e. The highest BCUT2D eigenvalue weighted by Gasteiger charge is 2.10. The molecule has 2 aromatic heterocycles. The Kier molecular flexibility index (Phi) is 3.87. The summed E-state index contributed by atoms with van der Waals surface area (Å²) >= 11 is 0. The maximum absolute atomic E-state index is 5.35. The van der Waals surface area contributed by atoms with Crippen molar-refractivity contribution in [2.45, 2.75) is 19.4 Å². The van der Waals surface area contributed by atoms with Gasteiger partial charge in [-0.15, -0.1) is 0 Å². The molecule has 1 atom stereocenters. The third-order valence-corrected chi connectivity index (χ3v) is 2.70. The first kappa shape index (κ1) is 12.5. The average molecular weight is 245 g/mol. The molecule has 2 aromatic rings. The van der Waals surface area contributed by atoms with Gasteiger partial charge in [0.25, 0.3) is 0 Å². The van der Waals surface area contributed by atoms with Crippen LogP contribution in [0.15, 0.2) is 41.1 Å². The summed E-state index contributed by atoms with van der Waals surface area (Å²) in [5.41, 5.74) is 1.04. The van der Waals surface area contributed by atoms with Crippen molar-refractivity contribution in [3.63, 3.8) is 0 Å². The summed E-state index contributed by atoms with van der Waals surface area (Å²) in [6.45, 7) is 2.13. The number of nitrogens with zero attached hydrogens (tertiary/aromatic N) is 2. The summed E-state index contributed by atoms with van der Waals surface area (Å²) < 4.78 is 5.35. The fourth-order valence-corrected chi connectivity index (χ4v) is 1.91. The van der Waals surface area contributed by atoms with Crippen molar-refractivity contribution in [2.24, 2.45) is 0 Å². The van der Waals surface area contributed by atoms with Gasteiger partial charge in [-0.3, -0.25) is 0 Å². The van der Waals surface area contributed by atoms with Crippen molar-refractivity contribution in [3.05, 3.63) is 42.5 Å². The van der Waals surface area contributed by atoms with Crippen LogP contribution >= 0.6 is 0 Å². The van der Waals surface area contributed by atoms with Crippen LogP contribution in [0.3, 0.4) is 0 Å². The molecule has 0 spiro atoms. The summed E-state index contributed by atoms with van der Waals surface area (Å²) in [5.74, 6) is 1.94. The molecule has 0 amide bonds. The van der Waals surface area contributed by atoms with Gasteiger partial charge in [-0.25, -0.2) is 4.98 Å². The van der Waals surface area contributed by atoms with E-state index in [4.69, 9.17) is 4.42 Å². The van der Waals surface area contributed by atoms with Crippen molar-refractivity contribution in [1.82, 2.24) is 4.98 Å². The van der Waals surface area contributed by atoms with E-state index in [1.165, 1.54) is 0 Å². The molecule has 96 valence electrons. The normalized spacial score (nSPS) is 12.2. The first-order valence-corrected chi connectivity index (χ1v) is 6.08. The van der Waals surface area contributed by atoms with Crippen LogP contribution in [0.1, 0.15) is 12.7 Å². The number of furan rings is 1. The van der Waals surface area contributed by atoms with Gasteiger partial charge < -0.3 is 14.6 Å². The van der Waals surface area contributed by atoms with Crippen LogP contribution in [0.25, 0.3) is 0 Å². The Hall–Kier alpha value is -1.97. The first-order valence-electron chi connectivity index (χ1n) is 6.08. The molecule has 0 radical (unpaired) electrons. The number of anilines is 2. The number of aromatic nitrogens is 1. The molecule has 1 N–H and O–H groups in total. The van der Waals surface area contributed by atoms with Crippen LogP contribution in [0.4, 0.5) is 11.5 Å². The van der Waals surface area contributed by atoms with Gasteiger partial charge in [-0.05, 0) is 31.2 Å². The maximum Gasteiger partial charge on any atom is 0.151 e. The lowest BCUT2D eigenvalue weighted by molar-refractivity contribution is 0.498. The Morgan fingerprint density at radius 1 is 1.33 bits per heavy atom. The van der Waals surface area contributed by atoms with Gasteiger partial charge in [0.05, 0.1) is 12.0 Å². The Bertz CT molecular complexity index is 480. The molecule has 18 heavy (non-hydrogen) atoms. The molecule has 0 fully saturated rings. The fourth-order valence-electron chi connectivity index (χ4n) is 1.91. The van der Waals surface area contributed by atoms with Crippen LogP contribution < -0.4 is 10.2 Å². The van der Waals surface area contributed by atoms with Crippen molar-refractivity contribution in [2.75, 3.05) is 24.3 Å². The highest BCUT2D eigenvalue weighted by Crippen LogP contribution is 2.21. The molecule has 0 saturated heterocycles. The first-order chi connectivity index (χ1) is 8.66. The molecule has 4 heteroatoms. The van der Waals surface area contributed by atoms with Gasteiger partial charge in [0, 0.05) is 32.8 Å². The van der Waals surface area contributed by atoms with Crippen molar-refractivity contribution in [3.8, 4) is 0 Å². The van der Waals surface area contributed by atoms with Crippen molar-refractivity contribution in [1.29, 1.82) is 0 Å². The van der Waals surface area contributed by atoms with E-state index in [2.05, 4.69) is 17.2 Å². The van der Waals surface area contributed by atoms with Gasteiger partial charge in [-0.1, -0.05) is 0 Å². The van der Waals surface area contributed by atoms with Crippen LogP contribution in [0.2, 0.25) is 0 Å². The quantitative estimate of drug-likeness (QED) is 0.879. The zero-order valence-corrected chi connectivity index (χ0v) is 11.1. The average Bonchev–Trinajstić information content (AvgIpc) is 2.82. The number of hydrogen-bond donors (Lipinski definition) is 1. The van der Waals surface area contributed by atoms with E-state index >= 15 is 0 Å². The van der Waals surface area contributed by atoms with Crippen molar-refractivity contribution >= 4 is 11.5 Å². The van der Waals surface area contributed by atoms with Gasteiger partial charge in [0.15, 0.2) is 5.82 Å². The van der Waals surface area contributed by atoms with Crippen LogP contribution in [0, 0.1) is 0 Å². The molecule has 0 saturated carbocycles. The molecule has 0 bridgehead atoms. The standard InChI is InChI=1S/C14H19N3O/c1-11(10-12-6-5-9-18-12)16-13-7-4-8-15-14(13)17(2)3/h4-9,11,16H,10H2,1-3H3. The predicted molar refractivity (Wildman–Crippen MR) is 74.1 cm³/mol. The SMILES string of the molecule is CC(Cc1ccco1)Nc1cccnc1N(C)C. The Morgan fingerprint density at radius 3 is 2.83 bits per heavy atom. The molecule has 2 heterocycles. The van der Waals surface area contributed by atoms with Crippen LogP contribution in [-0.2, 0) is 6.42 Å². The highest BCUT2D eigenvalue weighted by atomic mass is 16.3. The summed E-state index contributed by atoms with van der Waals surface area (Å²) in [4.78, 5) is 6.37. The predicted octanol–water partition coefficient (Wildman–Crippen LogP) is 2.78. The Balaban J connectivity index is 2.04. The third kappa shape index (κ3) is 3.03. The fraction of sp³-hybridized carbons (Fsp3) is 0.357. The minimum atomic E-state index is 0.291. The Labute approximate surface area is 108 Å². The lowest BCUT2D eigenvalue weighted by Crippen LogP contribution is -2.21. The molecular formula is C14H19N3O. The molecule has 4 nitrogen and oxygen atoms in total. The number of nitrogens with one attached hydrogen (secondary N) is 1. The van der Waals surface area contributed by atoms with E-state index in [0.717, 1.165) is 23.7 Å². The smallest absolute Gasteiger partial charge is 0.151 e. The summed E-state index contributed by atoms with van der Waals surface area (Å²) in [7, 11) is 3.98. The van der Waals surface area contributed by atoms with E-state index in [9.17, 15) is 0 Å². The van der Waals surface area contributed by atoms with Gasteiger partial charge in [0.1, 0.15) is 5.76 Å². The molecule has 0 aliphatic heterocycles. The minimum absolute atomic E-state index is 0.291. The summed E-state index contributed by atoms with van der Waals surface area (Å²) in [5, 5.41) is 3.47. The zero-order chi connectivity index (χ0) is 13.0. The second-order valence-corrected chi connectivity index (χ2v) is 4.60. The molecular weight excluding hydrogens is 226 g/mol. The van der Waals surface area contributed by atoms with Gasteiger partial charge in [-0.2, -0.15) is 0 Å². The maximum atomic E-state index is 5.35. The number of pyridine rings is 1. The topological polar surface area (TPSA) is 41.3 Å². The molecule has 0 aliphatic carbocycles. The van der Waals surface area contributed by atoms with Gasteiger partial charge >= 0.3 is 0 Å². The van der Waals surface area contributed by atoms with Crippen molar-refractivity contribution < 1.29 is 4.42 Å². The van der Waals surface area contributed by atoms with E-state index < -0.39 is 0 Å². The summed E-state index contributed by atoms with van der Waals surface area (Å²) in [6, 6.07) is 8.18. The van der Waals surface area contributed by atoms with Crippen LogP contribution in [0.5, 0.6) is 0 Å². The zero-order valence-electron chi connectivity index (χ0n) is 11.1. The van der Waals surface area contributed by atoms with E-state index in [1.807, 2.05) is 43.3 Å². The second-order valence-electron chi connectivity index (χ2n) is 4.60. The van der Waals surface area contributed by atoms with E-state index in [-0.39, 0.29) is 0 Å². The number of hydrogen-bond acceptors (Lipinski definition) is 4. The highest BCUT2D eigenvalue weighted by molar-refractivity contribution is 5.65. The van der Waals surface area contributed by atoms with E-state index in [1.54, 1.807) is 12.5 Å². The Morgan fingerprint density at radius 2 is 2.17 bits per heavy atom. The summed E-state index contributed by atoms with van der Waals surface area (Å²) in [6.07, 6.45) is 4.36. The lowest BCUT2D eigenvalue weighted by atomic mass is 10.2. The lowest BCUT2D eigenvalue weighted by Gasteiger charge is -2.20. The molecule has 1 unspecified atom stereocenters. The molecule has 2 rings (SSSR count). The number of rotatable bonds is 5. The van der Waals surface area contributed by atoms with Gasteiger partial charge in [0.2, 0.25) is 0 Å². The monoisotopic (exact) mass is 245 g/mol. The van der Waals surface area contributed by atoms with E-state index in [0.29, 0.717) is 6.04 Å².